The summed E-state index contributed by atoms with van der Waals surface area (Å²) >= 11 is 0. The summed E-state index contributed by atoms with van der Waals surface area (Å²) in [6.07, 6.45) is -3.22. The molecule has 2 aromatic rings. The van der Waals surface area contributed by atoms with E-state index in [-0.39, 0.29) is 19.2 Å². The first-order valence-corrected chi connectivity index (χ1v) is 13.1. The van der Waals surface area contributed by atoms with Crippen molar-refractivity contribution in [3.8, 4) is 0 Å². The van der Waals surface area contributed by atoms with Gasteiger partial charge in [0.15, 0.2) is 6.73 Å². The van der Waals surface area contributed by atoms with Crippen molar-refractivity contribution in [2.75, 3.05) is 34.0 Å². The number of halogens is 3. The summed E-state index contributed by atoms with van der Waals surface area (Å²) in [6.45, 7) is 3.98. The van der Waals surface area contributed by atoms with Gasteiger partial charge in [-0.3, -0.25) is 4.79 Å². The van der Waals surface area contributed by atoms with E-state index < -0.39 is 35.0 Å². The maximum absolute atomic E-state index is 13.4. The van der Waals surface area contributed by atoms with Crippen molar-refractivity contribution in [3.63, 3.8) is 0 Å². The van der Waals surface area contributed by atoms with Crippen LogP contribution in [0.2, 0.25) is 0 Å². The lowest BCUT2D eigenvalue weighted by Gasteiger charge is -2.49. The summed E-state index contributed by atoms with van der Waals surface area (Å²) in [4.78, 5) is 27.7. The molecule has 39 heavy (non-hydrogen) atoms. The Morgan fingerprint density at radius 1 is 1.13 bits per heavy atom. The van der Waals surface area contributed by atoms with Gasteiger partial charge in [0.25, 0.3) is 0 Å². The fraction of sp³-hybridized carbons (Fsp3) is 0.517. The first kappa shape index (κ1) is 28.9. The molecule has 4 rings (SSSR count). The molecule has 2 fully saturated rings. The standard InChI is InChI=1S/C29H36F3N3O4/c1-20-14-22(16-24(15-20)29(30,31)32)21(2)38-18-28(23-8-6-5-7-9-23)13-12-27(17-33-28)11-10-25(36)35(27)19-39-26(37)34(3)4/h5-9,14-16,21,33H,10-13,17-19H2,1-4H3/t21-,27-,28-/m1/s1. The average molecular weight is 548 g/mol. The second-order valence-electron chi connectivity index (χ2n) is 10.9. The molecule has 0 bridgehead atoms. The molecule has 2 aliphatic heterocycles. The third-order valence-electron chi connectivity index (χ3n) is 7.94. The zero-order valence-corrected chi connectivity index (χ0v) is 22.8. The average Bonchev–Trinajstić information content (AvgIpc) is 3.21. The smallest absolute Gasteiger partial charge is 0.416 e. The number of amides is 2. The van der Waals surface area contributed by atoms with Crippen LogP contribution < -0.4 is 5.32 Å². The molecule has 2 amide bonds. The molecular weight excluding hydrogens is 511 g/mol. The zero-order valence-electron chi connectivity index (χ0n) is 22.8. The summed E-state index contributed by atoms with van der Waals surface area (Å²) in [5.74, 6) is -0.0552. The molecule has 0 aromatic heterocycles. The predicted molar refractivity (Wildman–Crippen MR) is 140 cm³/mol. The van der Waals surface area contributed by atoms with Crippen molar-refractivity contribution < 1.29 is 32.2 Å². The van der Waals surface area contributed by atoms with Gasteiger partial charge in [-0.15, -0.1) is 0 Å². The lowest BCUT2D eigenvalue weighted by molar-refractivity contribution is -0.138. The fourth-order valence-electron chi connectivity index (χ4n) is 5.52. The molecule has 0 unspecified atom stereocenters. The van der Waals surface area contributed by atoms with E-state index in [2.05, 4.69) is 5.32 Å². The lowest BCUT2D eigenvalue weighted by atomic mass is 9.75. The maximum atomic E-state index is 13.4. The molecule has 1 N–H and O–H groups in total. The molecule has 0 aliphatic carbocycles. The molecule has 0 radical (unpaired) electrons. The number of likely N-dealkylation sites (tertiary alicyclic amines) is 1. The number of alkyl halides is 3. The largest absolute Gasteiger partial charge is 0.428 e. The Labute approximate surface area is 227 Å². The van der Waals surface area contributed by atoms with Crippen LogP contribution in [0.25, 0.3) is 0 Å². The van der Waals surface area contributed by atoms with Gasteiger partial charge in [-0.05, 0) is 56.4 Å². The van der Waals surface area contributed by atoms with E-state index in [9.17, 15) is 22.8 Å². The van der Waals surface area contributed by atoms with Crippen LogP contribution >= 0.6 is 0 Å². The normalized spacial score (nSPS) is 24.2. The first-order chi connectivity index (χ1) is 18.4. The number of ether oxygens (including phenoxy) is 2. The Kier molecular flexibility index (Phi) is 8.28. The van der Waals surface area contributed by atoms with Gasteiger partial charge >= 0.3 is 12.3 Å². The third-order valence-corrected chi connectivity index (χ3v) is 7.94. The van der Waals surface area contributed by atoms with E-state index in [0.717, 1.165) is 17.7 Å². The molecule has 10 heteroatoms. The number of hydrogen-bond acceptors (Lipinski definition) is 5. The lowest BCUT2D eigenvalue weighted by Crippen LogP contribution is -2.63. The highest BCUT2D eigenvalue weighted by atomic mass is 19.4. The van der Waals surface area contributed by atoms with Crippen molar-refractivity contribution in [2.24, 2.45) is 0 Å². The number of aryl methyl sites for hydroxylation is 1. The molecule has 1 spiro atoms. The Hall–Kier alpha value is -3.11. The third kappa shape index (κ3) is 6.22. The SMILES string of the molecule is Cc1cc([C@@H](C)OC[C@@]2(c3ccccc3)CC[C@]3(CCC(=O)N3COC(=O)N(C)C)CN2)cc(C(F)(F)F)c1. The van der Waals surface area contributed by atoms with Crippen LogP contribution in [0, 0.1) is 6.92 Å². The van der Waals surface area contributed by atoms with Gasteiger partial charge < -0.3 is 24.6 Å². The van der Waals surface area contributed by atoms with Crippen molar-refractivity contribution in [1.82, 2.24) is 15.1 Å². The van der Waals surface area contributed by atoms with Gasteiger partial charge in [-0.25, -0.2) is 4.79 Å². The highest BCUT2D eigenvalue weighted by molar-refractivity contribution is 5.80. The van der Waals surface area contributed by atoms with E-state index in [0.29, 0.717) is 43.4 Å². The van der Waals surface area contributed by atoms with Crippen molar-refractivity contribution in [1.29, 1.82) is 0 Å². The second-order valence-corrected chi connectivity index (χ2v) is 10.9. The Morgan fingerprint density at radius 3 is 2.46 bits per heavy atom. The first-order valence-electron chi connectivity index (χ1n) is 13.1. The van der Waals surface area contributed by atoms with E-state index in [4.69, 9.17) is 9.47 Å². The summed E-state index contributed by atoms with van der Waals surface area (Å²) in [5.41, 5.74) is 0.201. The van der Waals surface area contributed by atoms with Crippen molar-refractivity contribution in [2.45, 2.75) is 62.9 Å². The molecule has 0 saturated carbocycles. The van der Waals surface area contributed by atoms with Gasteiger partial charge in [0.2, 0.25) is 5.91 Å². The number of nitrogens with one attached hydrogen (secondary N) is 1. The summed E-state index contributed by atoms with van der Waals surface area (Å²) in [6, 6.07) is 13.8. The van der Waals surface area contributed by atoms with Gasteiger partial charge in [-0.2, -0.15) is 13.2 Å². The topological polar surface area (TPSA) is 71.1 Å². The monoisotopic (exact) mass is 547 g/mol. The van der Waals surface area contributed by atoms with Gasteiger partial charge in [-0.1, -0.05) is 42.0 Å². The molecular formula is C29H36F3N3O4. The molecule has 7 nitrogen and oxygen atoms in total. The van der Waals surface area contributed by atoms with Crippen LogP contribution in [-0.2, 0) is 26.0 Å². The summed E-state index contributed by atoms with van der Waals surface area (Å²) in [7, 11) is 3.17. The molecule has 2 saturated heterocycles. The number of piperidine rings is 1. The molecule has 3 atom stereocenters. The minimum absolute atomic E-state index is 0.0552. The van der Waals surface area contributed by atoms with Crippen molar-refractivity contribution >= 4 is 12.0 Å². The number of carbonyl (C=O) groups excluding carboxylic acids is 2. The summed E-state index contributed by atoms with van der Waals surface area (Å²) in [5, 5.41) is 3.65. The molecule has 2 heterocycles. The quantitative estimate of drug-likeness (QED) is 0.504. The number of nitrogens with zero attached hydrogens (tertiary/aromatic N) is 2. The van der Waals surface area contributed by atoms with Crippen LogP contribution in [0.1, 0.15) is 61.0 Å². The van der Waals surface area contributed by atoms with Gasteiger partial charge in [0.05, 0.1) is 29.4 Å². The van der Waals surface area contributed by atoms with E-state index in [1.807, 2.05) is 30.3 Å². The number of hydrogen-bond donors (Lipinski definition) is 1. The van der Waals surface area contributed by atoms with E-state index in [1.165, 1.54) is 4.90 Å². The predicted octanol–water partition coefficient (Wildman–Crippen LogP) is 5.39. The fourth-order valence-corrected chi connectivity index (χ4v) is 5.52. The van der Waals surface area contributed by atoms with Crippen LogP contribution in [0.3, 0.4) is 0 Å². The Morgan fingerprint density at radius 2 is 1.85 bits per heavy atom. The van der Waals surface area contributed by atoms with Crippen molar-refractivity contribution in [3.05, 3.63) is 70.8 Å². The molecule has 2 aliphatic rings. The van der Waals surface area contributed by atoms with E-state index in [1.54, 1.807) is 38.9 Å². The van der Waals surface area contributed by atoms with Crippen LogP contribution in [-0.4, -0.2) is 61.3 Å². The van der Waals surface area contributed by atoms with E-state index >= 15 is 0 Å². The minimum atomic E-state index is -4.43. The molecule has 2 aromatic carbocycles. The number of rotatable bonds is 7. The zero-order chi connectivity index (χ0) is 28.4. The van der Waals surface area contributed by atoms with Gasteiger partial charge in [0, 0.05) is 27.1 Å². The number of benzene rings is 2. The van der Waals surface area contributed by atoms with Gasteiger partial charge in [0.1, 0.15) is 0 Å². The highest BCUT2D eigenvalue weighted by Gasteiger charge is 2.51. The van der Waals surface area contributed by atoms with Crippen LogP contribution in [0.15, 0.2) is 48.5 Å². The highest BCUT2D eigenvalue weighted by Crippen LogP contribution is 2.43. The maximum Gasteiger partial charge on any atom is 0.416 e. The van der Waals surface area contributed by atoms with Crippen LogP contribution in [0.4, 0.5) is 18.0 Å². The number of carbonyl (C=O) groups is 2. The molecule has 212 valence electrons. The van der Waals surface area contributed by atoms with Crippen LogP contribution in [0.5, 0.6) is 0 Å². The second kappa shape index (κ2) is 11.2. The summed E-state index contributed by atoms with van der Waals surface area (Å²) < 4.78 is 51.8. The Bertz CT molecular complexity index is 1180. The minimum Gasteiger partial charge on any atom is -0.428 e. The Balaban J connectivity index is 1.52.